The Morgan fingerprint density at radius 3 is 1.40 bits per heavy atom. The van der Waals surface area contributed by atoms with E-state index in [-0.39, 0.29) is 6.15 Å². The Labute approximate surface area is 64.8 Å². The Balaban J connectivity index is 0.000000810. The van der Waals surface area contributed by atoms with E-state index in [9.17, 15) is 0 Å². The van der Waals surface area contributed by atoms with E-state index >= 15 is 0 Å². The van der Waals surface area contributed by atoms with Crippen molar-refractivity contribution in [1.82, 2.24) is 6.15 Å². The summed E-state index contributed by atoms with van der Waals surface area (Å²) in [6.07, 6.45) is 2.88. The summed E-state index contributed by atoms with van der Waals surface area (Å²) in [7, 11) is 0. The first kappa shape index (κ1) is 9.96. The van der Waals surface area contributed by atoms with Gasteiger partial charge in [-0.15, -0.1) is 0 Å². The maximum absolute atomic E-state index is 2.40. The van der Waals surface area contributed by atoms with Crippen LogP contribution in [0.5, 0.6) is 0 Å². The molecule has 2 atom stereocenters. The Hall–Kier alpha value is -0.0400. The first-order valence-corrected chi connectivity index (χ1v) is 4.05. The van der Waals surface area contributed by atoms with Gasteiger partial charge in [0, 0.05) is 0 Å². The van der Waals surface area contributed by atoms with E-state index in [2.05, 4.69) is 27.7 Å². The van der Waals surface area contributed by atoms with Gasteiger partial charge in [0.05, 0.1) is 0 Å². The minimum absolute atomic E-state index is 0. The zero-order chi connectivity index (χ0) is 7.07. The second kappa shape index (κ2) is 2.91. The Kier molecular flexibility index (Phi) is 2.90. The van der Waals surface area contributed by atoms with Gasteiger partial charge in [0.25, 0.3) is 0 Å². The summed E-state index contributed by atoms with van der Waals surface area (Å²) < 4.78 is 0. The summed E-state index contributed by atoms with van der Waals surface area (Å²) in [5, 5.41) is 0. The lowest BCUT2D eigenvalue weighted by Gasteiger charge is -2.28. The standard InChI is InChI=1S/C9H18.H3N/c1-7-5-6-8(2)9(7,3)4;/h7-8H,5-6H2,1-4H3;1H3. The van der Waals surface area contributed by atoms with Gasteiger partial charge < -0.3 is 6.15 Å². The lowest BCUT2D eigenvalue weighted by Crippen LogP contribution is -2.20. The summed E-state index contributed by atoms with van der Waals surface area (Å²) in [5.74, 6) is 1.87. The van der Waals surface area contributed by atoms with Crippen LogP contribution in [0.1, 0.15) is 40.5 Å². The van der Waals surface area contributed by atoms with Gasteiger partial charge in [-0.25, -0.2) is 0 Å². The SMILES string of the molecule is CC1CCC(C)C1(C)C.N. The van der Waals surface area contributed by atoms with Gasteiger partial charge in [-0.2, -0.15) is 0 Å². The highest BCUT2D eigenvalue weighted by molar-refractivity contribution is 4.86. The van der Waals surface area contributed by atoms with Gasteiger partial charge in [-0.3, -0.25) is 0 Å². The lowest BCUT2D eigenvalue weighted by atomic mass is 9.77. The highest BCUT2D eigenvalue weighted by atomic mass is 14.4. The molecule has 0 aromatic rings. The van der Waals surface area contributed by atoms with Crippen molar-refractivity contribution in [2.24, 2.45) is 17.3 Å². The molecule has 62 valence electrons. The molecule has 1 saturated carbocycles. The Morgan fingerprint density at radius 2 is 1.30 bits per heavy atom. The smallest absolute Gasteiger partial charge is 0.0303 e. The average molecular weight is 143 g/mol. The quantitative estimate of drug-likeness (QED) is 0.555. The maximum Gasteiger partial charge on any atom is -0.0303 e. The molecule has 3 N–H and O–H groups in total. The minimum Gasteiger partial charge on any atom is -0.344 e. The Bertz CT molecular complexity index is 95.3. The monoisotopic (exact) mass is 143 g/mol. The van der Waals surface area contributed by atoms with Crippen LogP contribution in [0.3, 0.4) is 0 Å². The maximum atomic E-state index is 2.40. The predicted molar refractivity (Wildman–Crippen MR) is 46.4 cm³/mol. The first-order chi connectivity index (χ1) is 4.05. The molecular weight excluding hydrogens is 122 g/mol. The van der Waals surface area contributed by atoms with E-state index in [4.69, 9.17) is 0 Å². The van der Waals surface area contributed by atoms with E-state index in [1.54, 1.807) is 0 Å². The number of hydrogen-bond donors (Lipinski definition) is 1. The summed E-state index contributed by atoms with van der Waals surface area (Å²) >= 11 is 0. The van der Waals surface area contributed by atoms with Gasteiger partial charge in [-0.05, 0) is 30.1 Å². The van der Waals surface area contributed by atoms with Crippen molar-refractivity contribution in [3.63, 3.8) is 0 Å². The molecule has 1 rings (SSSR count). The third-order valence-corrected chi connectivity index (χ3v) is 3.57. The third kappa shape index (κ3) is 1.34. The molecule has 0 radical (unpaired) electrons. The van der Waals surface area contributed by atoms with Gasteiger partial charge >= 0.3 is 0 Å². The molecule has 0 aliphatic heterocycles. The molecule has 0 saturated heterocycles. The molecule has 1 fully saturated rings. The van der Waals surface area contributed by atoms with E-state index < -0.39 is 0 Å². The van der Waals surface area contributed by atoms with Gasteiger partial charge in [0.2, 0.25) is 0 Å². The molecule has 0 heterocycles. The fourth-order valence-corrected chi connectivity index (χ4v) is 1.73. The Morgan fingerprint density at radius 1 is 1.00 bits per heavy atom. The molecule has 1 heteroatoms. The fraction of sp³-hybridized carbons (Fsp3) is 1.00. The molecular formula is C9H21N. The van der Waals surface area contributed by atoms with Crippen molar-refractivity contribution in [3.8, 4) is 0 Å². The molecule has 1 aliphatic rings. The van der Waals surface area contributed by atoms with Crippen LogP contribution >= 0.6 is 0 Å². The van der Waals surface area contributed by atoms with E-state index in [0.29, 0.717) is 5.41 Å². The van der Waals surface area contributed by atoms with Gasteiger partial charge in [0.1, 0.15) is 0 Å². The van der Waals surface area contributed by atoms with Crippen LogP contribution in [-0.2, 0) is 0 Å². The molecule has 2 unspecified atom stereocenters. The van der Waals surface area contributed by atoms with Crippen molar-refractivity contribution in [2.45, 2.75) is 40.5 Å². The van der Waals surface area contributed by atoms with Gasteiger partial charge in [0.15, 0.2) is 0 Å². The van der Waals surface area contributed by atoms with Crippen LogP contribution in [0.4, 0.5) is 0 Å². The van der Waals surface area contributed by atoms with Crippen LogP contribution in [0.25, 0.3) is 0 Å². The molecule has 10 heavy (non-hydrogen) atoms. The molecule has 1 aliphatic carbocycles. The minimum atomic E-state index is 0. The normalized spacial score (nSPS) is 37.2. The van der Waals surface area contributed by atoms with Crippen molar-refractivity contribution in [2.75, 3.05) is 0 Å². The first-order valence-electron chi connectivity index (χ1n) is 4.05. The van der Waals surface area contributed by atoms with Gasteiger partial charge in [-0.1, -0.05) is 27.7 Å². The summed E-state index contributed by atoms with van der Waals surface area (Å²) in [6.45, 7) is 9.55. The molecule has 0 amide bonds. The predicted octanol–water partition coefficient (Wildman–Crippen LogP) is 3.24. The summed E-state index contributed by atoms with van der Waals surface area (Å²) in [4.78, 5) is 0. The van der Waals surface area contributed by atoms with Crippen molar-refractivity contribution in [3.05, 3.63) is 0 Å². The van der Waals surface area contributed by atoms with Crippen molar-refractivity contribution >= 4 is 0 Å². The summed E-state index contributed by atoms with van der Waals surface area (Å²) in [6, 6.07) is 0. The zero-order valence-electron chi connectivity index (χ0n) is 7.78. The summed E-state index contributed by atoms with van der Waals surface area (Å²) in [5.41, 5.74) is 0.611. The molecule has 1 nitrogen and oxygen atoms in total. The second-order valence-corrected chi connectivity index (χ2v) is 4.20. The van der Waals surface area contributed by atoms with E-state index in [0.717, 1.165) is 11.8 Å². The number of hydrogen-bond acceptors (Lipinski definition) is 1. The van der Waals surface area contributed by atoms with Crippen LogP contribution in [-0.4, -0.2) is 0 Å². The molecule has 0 spiro atoms. The highest BCUT2D eigenvalue weighted by Gasteiger charge is 2.37. The topological polar surface area (TPSA) is 35.0 Å². The average Bonchev–Trinajstić information content (AvgIpc) is 1.96. The van der Waals surface area contributed by atoms with Crippen molar-refractivity contribution in [1.29, 1.82) is 0 Å². The van der Waals surface area contributed by atoms with Crippen LogP contribution in [0.15, 0.2) is 0 Å². The highest BCUT2D eigenvalue weighted by Crippen LogP contribution is 2.46. The van der Waals surface area contributed by atoms with E-state index in [1.165, 1.54) is 12.8 Å². The molecule has 0 aromatic heterocycles. The van der Waals surface area contributed by atoms with Crippen LogP contribution < -0.4 is 6.15 Å². The van der Waals surface area contributed by atoms with Crippen molar-refractivity contribution < 1.29 is 0 Å². The molecule has 0 aromatic carbocycles. The number of rotatable bonds is 0. The molecule has 0 bridgehead atoms. The zero-order valence-corrected chi connectivity index (χ0v) is 7.78. The lowest BCUT2D eigenvalue weighted by molar-refractivity contribution is 0.212. The fourth-order valence-electron chi connectivity index (χ4n) is 1.73. The second-order valence-electron chi connectivity index (χ2n) is 4.20. The van der Waals surface area contributed by atoms with E-state index in [1.807, 2.05) is 0 Å². The van der Waals surface area contributed by atoms with Crippen LogP contribution in [0.2, 0.25) is 0 Å². The van der Waals surface area contributed by atoms with Crippen LogP contribution in [0, 0.1) is 17.3 Å². The largest absolute Gasteiger partial charge is 0.344 e. The third-order valence-electron chi connectivity index (χ3n) is 3.57.